The van der Waals surface area contributed by atoms with E-state index in [9.17, 15) is 4.39 Å². The molecule has 1 N–H and O–H groups in total. The fourth-order valence-corrected chi connectivity index (χ4v) is 1.77. The number of benzene rings is 1. The van der Waals surface area contributed by atoms with Crippen LogP contribution in [0, 0.1) is 19.7 Å². The van der Waals surface area contributed by atoms with Crippen molar-refractivity contribution in [3.8, 4) is 0 Å². The Morgan fingerprint density at radius 2 is 2.00 bits per heavy atom. The van der Waals surface area contributed by atoms with Gasteiger partial charge in [-0.15, -0.1) is 0 Å². The molecule has 1 aromatic carbocycles. The summed E-state index contributed by atoms with van der Waals surface area (Å²) >= 11 is 0. The van der Waals surface area contributed by atoms with Gasteiger partial charge >= 0.3 is 0 Å². The average Bonchev–Trinajstić information content (AvgIpc) is 2.34. The molecule has 0 aliphatic carbocycles. The van der Waals surface area contributed by atoms with E-state index in [1.807, 2.05) is 26.0 Å². The first-order valence-corrected chi connectivity index (χ1v) is 5.89. The maximum Gasteiger partial charge on any atom is 0.127 e. The second-order valence-electron chi connectivity index (χ2n) is 4.29. The van der Waals surface area contributed by atoms with Crippen LogP contribution in [0.5, 0.6) is 0 Å². The molecule has 1 heterocycles. The Kier molecular flexibility index (Phi) is 3.99. The van der Waals surface area contributed by atoms with Gasteiger partial charge in [-0.25, -0.2) is 14.4 Å². The highest BCUT2D eigenvalue weighted by atomic mass is 19.1. The average molecular weight is 245 g/mol. The van der Waals surface area contributed by atoms with Gasteiger partial charge in [-0.3, -0.25) is 0 Å². The first kappa shape index (κ1) is 12.6. The molecule has 94 valence electrons. The molecule has 0 spiro atoms. The molecule has 1 aromatic heterocycles. The fraction of sp³-hybridized carbons (Fsp3) is 0.286. The highest BCUT2D eigenvalue weighted by Crippen LogP contribution is 2.09. The first-order valence-electron chi connectivity index (χ1n) is 5.89. The molecule has 0 saturated carbocycles. The number of rotatable bonds is 4. The minimum Gasteiger partial charge on any atom is -0.307 e. The van der Waals surface area contributed by atoms with E-state index in [1.165, 1.54) is 6.07 Å². The van der Waals surface area contributed by atoms with Crippen molar-refractivity contribution in [1.82, 2.24) is 15.3 Å². The maximum atomic E-state index is 13.5. The van der Waals surface area contributed by atoms with Gasteiger partial charge in [0.25, 0.3) is 0 Å². The molecule has 0 fully saturated rings. The number of halogens is 1. The van der Waals surface area contributed by atoms with Crippen LogP contribution in [0.1, 0.15) is 22.6 Å². The lowest BCUT2D eigenvalue weighted by atomic mass is 10.1. The molecule has 2 aromatic rings. The summed E-state index contributed by atoms with van der Waals surface area (Å²) in [6.07, 6.45) is 1.73. The second kappa shape index (κ2) is 5.69. The van der Waals surface area contributed by atoms with E-state index in [-0.39, 0.29) is 5.82 Å². The van der Waals surface area contributed by atoms with E-state index in [0.29, 0.717) is 18.7 Å². The van der Waals surface area contributed by atoms with Gasteiger partial charge in [-0.2, -0.15) is 0 Å². The first-order chi connectivity index (χ1) is 8.65. The van der Waals surface area contributed by atoms with Crippen molar-refractivity contribution in [1.29, 1.82) is 0 Å². The summed E-state index contributed by atoms with van der Waals surface area (Å²) in [5, 5.41) is 3.18. The molecule has 0 unspecified atom stereocenters. The second-order valence-corrected chi connectivity index (χ2v) is 4.29. The summed E-state index contributed by atoms with van der Waals surface area (Å²) in [5.74, 6) is 0.572. The van der Waals surface area contributed by atoms with Crippen molar-refractivity contribution in [2.45, 2.75) is 26.9 Å². The van der Waals surface area contributed by atoms with Gasteiger partial charge < -0.3 is 5.32 Å². The van der Waals surface area contributed by atoms with E-state index in [4.69, 9.17) is 0 Å². The summed E-state index contributed by atoms with van der Waals surface area (Å²) < 4.78 is 13.5. The quantitative estimate of drug-likeness (QED) is 0.899. The van der Waals surface area contributed by atoms with E-state index in [1.54, 1.807) is 12.3 Å². The normalized spacial score (nSPS) is 10.6. The third kappa shape index (κ3) is 3.34. The van der Waals surface area contributed by atoms with Crippen LogP contribution in [-0.4, -0.2) is 9.97 Å². The van der Waals surface area contributed by atoms with Gasteiger partial charge in [0.05, 0.1) is 5.69 Å². The molecule has 0 aliphatic heterocycles. The zero-order valence-electron chi connectivity index (χ0n) is 10.6. The molecule has 2 rings (SSSR count). The largest absolute Gasteiger partial charge is 0.307 e. The molecule has 0 amide bonds. The molecule has 0 saturated heterocycles. The minimum absolute atomic E-state index is 0.174. The topological polar surface area (TPSA) is 37.8 Å². The van der Waals surface area contributed by atoms with Crippen molar-refractivity contribution in [2.75, 3.05) is 0 Å². The van der Waals surface area contributed by atoms with Crippen molar-refractivity contribution < 1.29 is 4.39 Å². The van der Waals surface area contributed by atoms with Gasteiger partial charge in [0.1, 0.15) is 11.6 Å². The number of nitrogens with one attached hydrogen (secondary N) is 1. The number of hydrogen-bond donors (Lipinski definition) is 1. The van der Waals surface area contributed by atoms with Crippen LogP contribution < -0.4 is 5.32 Å². The van der Waals surface area contributed by atoms with Gasteiger partial charge in [-0.05, 0) is 26.0 Å². The molecule has 18 heavy (non-hydrogen) atoms. The Balaban J connectivity index is 1.94. The number of hydrogen-bond acceptors (Lipinski definition) is 3. The Hall–Kier alpha value is -1.81. The molecule has 4 heteroatoms. The number of aromatic nitrogens is 2. The smallest absolute Gasteiger partial charge is 0.127 e. The highest BCUT2D eigenvalue weighted by Gasteiger charge is 2.02. The standard InChI is InChI=1S/C14H16FN3/c1-10-3-4-14(15)12(7-10)8-16-9-13-5-6-17-11(2)18-13/h3-7,16H,8-9H2,1-2H3. The highest BCUT2D eigenvalue weighted by molar-refractivity contribution is 5.23. The van der Waals surface area contributed by atoms with Crippen LogP contribution >= 0.6 is 0 Å². The van der Waals surface area contributed by atoms with E-state index >= 15 is 0 Å². The third-order valence-electron chi connectivity index (χ3n) is 2.66. The summed E-state index contributed by atoms with van der Waals surface area (Å²) in [6, 6.07) is 6.98. The van der Waals surface area contributed by atoms with Crippen molar-refractivity contribution in [3.05, 3.63) is 58.9 Å². The van der Waals surface area contributed by atoms with E-state index < -0.39 is 0 Å². The molecule has 0 atom stereocenters. The van der Waals surface area contributed by atoms with Crippen LogP contribution in [0.4, 0.5) is 4.39 Å². The Labute approximate surface area is 106 Å². The summed E-state index contributed by atoms with van der Waals surface area (Å²) in [4.78, 5) is 8.31. The lowest BCUT2D eigenvalue weighted by molar-refractivity contribution is 0.584. The predicted molar refractivity (Wildman–Crippen MR) is 68.4 cm³/mol. The van der Waals surface area contributed by atoms with Crippen molar-refractivity contribution in [3.63, 3.8) is 0 Å². The Morgan fingerprint density at radius 1 is 1.17 bits per heavy atom. The number of aryl methyl sites for hydroxylation is 2. The van der Waals surface area contributed by atoms with Gasteiger partial charge in [0.2, 0.25) is 0 Å². The predicted octanol–water partition coefficient (Wildman–Crippen LogP) is 2.52. The summed E-state index contributed by atoms with van der Waals surface area (Å²) in [7, 11) is 0. The summed E-state index contributed by atoms with van der Waals surface area (Å²) in [5.41, 5.74) is 2.66. The molecule has 0 bridgehead atoms. The monoisotopic (exact) mass is 245 g/mol. The molecule has 3 nitrogen and oxygen atoms in total. The van der Waals surface area contributed by atoms with Crippen LogP contribution in [0.25, 0.3) is 0 Å². The van der Waals surface area contributed by atoms with E-state index in [0.717, 1.165) is 17.1 Å². The van der Waals surface area contributed by atoms with Gasteiger partial charge in [0.15, 0.2) is 0 Å². The summed E-state index contributed by atoms with van der Waals surface area (Å²) in [6.45, 7) is 4.91. The fourth-order valence-electron chi connectivity index (χ4n) is 1.77. The Bertz CT molecular complexity index is 540. The van der Waals surface area contributed by atoms with Crippen molar-refractivity contribution >= 4 is 0 Å². The van der Waals surface area contributed by atoms with Crippen LogP contribution in [0.15, 0.2) is 30.5 Å². The van der Waals surface area contributed by atoms with E-state index in [2.05, 4.69) is 15.3 Å². The SMILES string of the molecule is Cc1ccc(F)c(CNCc2ccnc(C)n2)c1. The Morgan fingerprint density at radius 3 is 2.78 bits per heavy atom. The molecule has 0 radical (unpaired) electrons. The molecular weight excluding hydrogens is 229 g/mol. The number of nitrogens with zero attached hydrogens (tertiary/aromatic N) is 2. The molecular formula is C14H16FN3. The third-order valence-corrected chi connectivity index (χ3v) is 2.66. The van der Waals surface area contributed by atoms with Gasteiger partial charge in [-0.1, -0.05) is 17.7 Å². The van der Waals surface area contributed by atoms with Gasteiger partial charge in [0, 0.05) is 24.8 Å². The van der Waals surface area contributed by atoms with Crippen LogP contribution in [0.2, 0.25) is 0 Å². The lowest BCUT2D eigenvalue weighted by Crippen LogP contribution is -2.15. The van der Waals surface area contributed by atoms with Crippen molar-refractivity contribution in [2.24, 2.45) is 0 Å². The zero-order chi connectivity index (χ0) is 13.0. The minimum atomic E-state index is -0.174. The van der Waals surface area contributed by atoms with Crippen LogP contribution in [-0.2, 0) is 13.1 Å². The zero-order valence-corrected chi connectivity index (χ0v) is 10.6. The molecule has 0 aliphatic rings. The lowest BCUT2D eigenvalue weighted by Gasteiger charge is -2.07. The van der Waals surface area contributed by atoms with Crippen LogP contribution in [0.3, 0.4) is 0 Å². The maximum absolute atomic E-state index is 13.5.